The van der Waals surface area contributed by atoms with Crippen molar-refractivity contribution < 1.29 is 19.4 Å². The molecule has 0 aliphatic carbocycles. The van der Waals surface area contributed by atoms with Crippen molar-refractivity contribution in [3.63, 3.8) is 0 Å². The number of hydrogen-bond donors (Lipinski definition) is 1. The number of ether oxygens (including phenoxy) is 1. The molecule has 0 atom stereocenters. The van der Waals surface area contributed by atoms with Gasteiger partial charge >= 0.3 is 0 Å². The van der Waals surface area contributed by atoms with Crippen molar-refractivity contribution in [2.75, 3.05) is 0 Å². The van der Waals surface area contributed by atoms with E-state index in [0.717, 1.165) is 0 Å². The van der Waals surface area contributed by atoms with Crippen LogP contribution in [0.3, 0.4) is 0 Å². The summed E-state index contributed by atoms with van der Waals surface area (Å²) in [6.45, 7) is 3.22. The molecule has 0 saturated heterocycles. The number of hydrogen-bond acceptors (Lipinski definition) is 4. The van der Waals surface area contributed by atoms with Gasteiger partial charge in [0.2, 0.25) is 0 Å². The highest BCUT2D eigenvalue weighted by molar-refractivity contribution is 5.84. The minimum atomic E-state index is -2.26. The van der Waals surface area contributed by atoms with Gasteiger partial charge in [-0.1, -0.05) is 0 Å². The van der Waals surface area contributed by atoms with Crippen LogP contribution < -0.4 is 0 Å². The Morgan fingerprint density at radius 2 is 1.80 bits per heavy atom. The molecular weight excluding hydrogens is 136 g/mol. The molecule has 0 rings (SSSR count). The van der Waals surface area contributed by atoms with Gasteiger partial charge in [-0.15, -0.1) is 0 Å². The van der Waals surface area contributed by atoms with E-state index in [9.17, 15) is 9.59 Å². The topological polar surface area (TPSA) is 63.6 Å². The van der Waals surface area contributed by atoms with Crippen LogP contribution in [0.15, 0.2) is 0 Å². The molecule has 0 aromatic heterocycles. The third kappa shape index (κ3) is 2.70. The van der Waals surface area contributed by atoms with Crippen LogP contribution in [0.5, 0.6) is 0 Å². The normalized spacial score (nSPS) is 11.6. The van der Waals surface area contributed by atoms with Crippen LogP contribution in [-0.4, -0.2) is 29.6 Å². The molecule has 58 valence electrons. The van der Waals surface area contributed by atoms with Crippen molar-refractivity contribution in [3.05, 3.63) is 0 Å². The van der Waals surface area contributed by atoms with Crippen LogP contribution in [-0.2, 0) is 14.3 Å². The van der Waals surface area contributed by atoms with Crippen molar-refractivity contribution in [2.24, 2.45) is 0 Å². The second-order valence-corrected chi connectivity index (χ2v) is 2.15. The minimum absolute atomic E-state index is 0.0556. The first-order valence-electron chi connectivity index (χ1n) is 2.87. The Kier molecular flexibility index (Phi) is 3.18. The summed E-state index contributed by atoms with van der Waals surface area (Å²) < 4.78 is 4.56. The minimum Gasteiger partial charge on any atom is -0.354 e. The molecule has 0 bridgehead atoms. The van der Waals surface area contributed by atoms with Gasteiger partial charge < -0.3 is 9.84 Å². The van der Waals surface area contributed by atoms with E-state index in [4.69, 9.17) is 5.11 Å². The molecule has 0 aliphatic heterocycles. The fraction of sp³-hybridized carbons (Fsp3) is 0.667. The molecule has 10 heavy (non-hydrogen) atoms. The molecule has 0 heterocycles. The molecule has 4 nitrogen and oxygen atoms in total. The molecule has 1 N–H and O–H groups in total. The Hall–Kier alpha value is -0.740. The van der Waals surface area contributed by atoms with E-state index in [1.807, 2.05) is 0 Å². The molecule has 0 radical (unpaired) electrons. The fourth-order valence-electron chi connectivity index (χ4n) is 0.461. The van der Waals surface area contributed by atoms with Gasteiger partial charge in [0.25, 0.3) is 5.79 Å². The monoisotopic (exact) mass is 146 g/mol. The zero-order valence-electron chi connectivity index (χ0n) is 5.90. The molecule has 4 heteroatoms. The molecule has 0 aromatic carbocycles. The Labute approximate surface area is 58.8 Å². The highest BCUT2D eigenvalue weighted by atomic mass is 16.6. The Morgan fingerprint density at radius 3 is 1.90 bits per heavy atom. The van der Waals surface area contributed by atoms with E-state index >= 15 is 0 Å². The summed E-state index contributed by atoms with van der Waals surface area (Å²) in [5, 5.41) is 8.84. The highest BCUT2D eigenvalue weighted by Gasteiger charge is 2.27. The lowest BCUT2D eigenvalue weighted by Crippen LogP contribution is -2.38. The average molecular weight is 146 g/mol. The van der Waals surface area contributed by atoms with Gasteiger partial charge in [-0.2, -0.15) is 0 Å². The lowest BCUT2D eigenvalue weighted by Gasteiger charge is -2.17. The number of aliphatic hydroxyl groups is 1. The van der Waals surface area contributed by atoms with Crippen molar-refractivity contribution in [2.45, 2.75) is 25.7 Å². The summed E-state index contributed by atoms with van der Waals surface area (Å²) >= 11 is 0. The Balaban J connectivity index is 4.05. The van der Waals surface area contributed by atoms with E-state index in [0.29, 0.717) is 0 Å². The third-order valence-electron chi connectivity index (χ3n) is 0.762. The third-order valence-corrected chi connectivity index (χ3v) is 0.762. The van der Waals surface area contributed by atoms with E-state index < -0.39 is 5.79 Å². The van der Waals surface area contributed by atoms with Gasteiger partial charge in [0.1, 0.15) is 0 Å². The predicted octanol–water partition coefficient (Wildman–Crippen LogP) is -0.502. The van der Waals surface area contributed by atoms with Crippen LogP contribution in [0.2, 0.25) is 0 Å². The maximum atomic E-state index is 9.99. The maximum absolute atomic E-state index is 9.99. The van der Waals surface area contributed by atoms with E-state index in [-0.39, 0.29) is 18.7 Å². The molecular formula is C6H10O4. The molecule has 0 aliphatic rings. The van der Waals surface area contributed by atoms with Gasteiger partial charge in [-0.3, -0.25) is 9.59 Å². The van der Waals surface area contributed by atoms with E-state index in [1.165, 1.54) is 0 Å². The summed E-state index contributed by atoms with van der Waals surface area (Å²) in [5.74, 6) is -2.26. The van der Waals surface area contributed by atoms with E-state index in [1.54, 1.807) is 13.8 Å². The number of aldehydes is 2. The Bertz CT molecular complexity index is 122. The largest absolute Gasteiger partial charge is 0.354 e. The van der Waals surface area contributed by atoms with E-state index in [2.05, 4.69) is 4.74 Å². The summed E-state index contributed by atoms with van der Waals surface area (Å²) in [6, 6.07) is 0. The fourth-order valence-corrected chi connectivity index (χ4v) is 0.461. The molecule has 0 unspecified atom stereocenters. The van der Waals surface area contributed by atoms with Crippen LogP contribution in [0.4, 0.5) is 0 Å². The molecule has 0 spiro atoms. The zero-order valence-corrected chi connectivity index (χ0v) is 5.90. The molecule has 0 saturated carbocycles. The first-order chi connectivity index (χ1) is 4.54. The maximum Gasteiger partial charge on any atom is 0.282 e. The lowest BCUT2D eigenvalue weighted by atomic mass is 10.3. The van der Waals surface area contributed by atoms with Crippen LogP contribution in [0, 0.1) is 0 Å². The van der Waals surface area contributed by atoms with Crippen LogP contribution in [0.25, 0.3) is 0 Å². The van der Waals surface area contributed by atoms with Crippen molar-refractivity contribution >= 4 is 12.6 Å². The highest BCUT2D eigenvalue weighted by Crippen LogP contribution is 2.02. The van der Waals surface area contributed by atoms with Gasteiger partial charge in [-0.05, 0) is 13.8 Å². The summed E-state index contributed by atoms with van der Waals surface area (Å²) in [7, 11) is 0. The molecule has 0 fully saturated rings. The van der Waals surface area contributed by atoms with Crippen molar-refractivity contribution in [1.29, 1.82) is 0 Å². The summed E-state index contributed by atoms with van der Waals surface area (Å²) in [4.78, 5) is 20.0. The summed E-state index contributed by atoms with van der Waals surface area (Å²) in [6.07, 6.45) is -0.250. The number of rotatable bonds is 4. The van der Waals surface area contributed by atoms with Gasteiger partial charge in [-0.25, -0.2) is 0 Å². The number of carbonyl (C=O) groups excluding carboxylic acids is 2. The second kappa shape index (κ2) is 3.43. The van der Waals surface area contributed by atoms with Gasteiger partial charge in [0.05, 0.1) is 6.10 Å². The standard InChI is InChI=1S/C6H10O4/c1-5(2)10-6(9,3-7)4-8/h3-5,9H,1-2H3. The second-order valence-electron chi connectivity index (χ2n) is 2.15. The average Bonchev–Trinajstić information content (AvgIpc) is 1.87. The molecule has 0 amide bonds. The first kappa shape index (κ1) is 9.26. The molecule has 0 aromatic rings. The Morgan fingerprint density at radius 1 is 1.40 bits per heavy atom. The van der Waals surface area contributed by atoms with Crippen LogP contribution in [0.1, 0.15) is 13.8 Å². The van der Waals surface area contributed by atoms with Crippen molar-refractivity contribution in [1.82, 2.24) is 0 Å². The van der Waals surface area contributed by atoms with Crippen molar-refractivity contribution in [3.8, 4) is 0 Å². The van der Waals surface area contributed by atoms with Gasteiger partial charge in [0.15, 0.2) is 12.6 Å². The summed E-state index contributed by atoms with van der Waals surface area (Å²) in [5.41, 5.74) is 0. The van der Waals surface area contributed by atoms with Crippen LogP contribution >= 0.6 is 0 Å². The predicted molar refractivity (Wildman–Crippen MR) is 33.3 cm³/mol. The quantitative estimate of drug-likeness (QED) is 0.330. The zero-order chi connectivity index (χ0) is 8.20. The lowest BCUT2D eigenvalue weighted by molar-refractivity contribution is -0.198. The van der Waals surface area contributed by atoms with Gasteiger partial charge in [0, 0.05) is 0 Å². The first-order valence-corrected chi connectivity index (χ1v) is 2.87. The smallest absolute Gasteiger partial charge is 0.282 e. The number of carbonyl (C=O) groups is 2. The SMILES string of the molecule is CC(C)OC(O)(C=O)C=O.